The van der Waals surface area contributed by atoms with Crippen molar-refractivity contribution >= 4 is 26.5 Å². The maximum absolute atomic E-state index is 13.6. The highest BCUT2D eigenvalue weighted by molar-refractivity contribution is 6.74. The molecule has 206 valence electrons. The number of rotatable bonds is 10. The van der Waals surface area contributed by atoms with Crippen molar-refractivity contribution in [3.8, 4) is 0 Å². The maximum Gasteiger partial charge on any atom is 0.408 e. The molecule has 0 bridgehead atoms. The van der Waals surface area contributed by atoms with E-state index in [0.29, 0.717) is 11.8 Å². The molecule has 9 heteroatoms. The van der Waals surface area contributed by atoms with E-state index in [4.69, 9.17) is 18.6 Å². The van der Waals surface area contributed by atoms with Crippen molar-refractivity contribution in [1.29, 1.82) is 0 Å². The number of hydrogen-bond acceptors (Lipinski definition) is 7. The van der Waals surface area contributed by atoms with Crippen LogP contribution in [0.4, 0.5) is 4.79 Å². The molecule has 38 heavy (non-hydrogen) atoms. The molecule has 0 radical (unpaired) electrons. The largest absolute Gasteiger partial charge is 0.445 e. The van der Waals surface area contributed by atoms with E-state index in [0.717, 1.165) is 5.56 Å². The lowest BCUT2D eigenvalue weighted by molar-refractivity contribution is -0.155. The summed E-state index contributed by atoms with van der Waals surface area (Å²) in [6.45, 7) is 13.7. The first-order valence-corrected chi connectivity index (χ1v) is 15.7. The molecule has 0 aromatic heterocycles. The van der Waals surface area contributed by atoms with E-state index in [1.165, 1.54) is 0 Å². The molecule has 1 aliphatic rings. The third kappa shape index (κ3) is 7.38. The minimum absolute atomic E-state index is 0.0389. The molecular weight excluding hydrogens is 502 g/mol. The Morgan fingerprint density at radius 3 is 2.16 bits per heavy atom. The maximum atomic E-state index is 13.6. The third-order valence-electron chi connectivity index (χ3n) is 7.00. The second-order valence-corrected chi connectivity index (χ2v) is 16.2. The van der Waals surface area contributed by atoms with Crippen molar-refractivity contribution in [2.75, 3.05) is 0 Å². The first-order valence-electron chi connectivity index (χ1n) is 12.8. The minimum atomic E-state index is -2.52. The zero-order valence-corrected chi connectivity index (χ0v) is 24.2. The van der Waals surface area contributed by atoms with Gasteiger partial charge in [0, 0.05) is 5.56 Å². The summed E-state index contributed by atoms with van der Waals surface area (Å²) in [6.07, 6.45) is -3.19. The van der Waals surface area contributed by atoms with E-state index in [9.17, 15) is 14.4 Å². The number of alkyl carbamates (subject to hydrolysis) is 1. The van der Waals surface area contributed by atoms with Crippen LogP contribution < -0.4 is 5.32 Å². The average Bonchev–Trinajstić information content (AvgIpc) is 3.19. The lowest BCUT2D eigenvalue weighted by Crippen LogP contribution is -2.59. The quantitative estimate of drug-likeness (QED) is 0.248. The van der Waals surface area contributed by atoms with Gasteiger partial charge >= 0.3 is 6.09 Å². The van der Waals surface area contributed by atoms with Crippen LogP contribution >= 0.6 is 0 Å². The Morgan fingerprint density at radius 1 is 1.03 bits per heavy atom. The molecule has 0 saturated carbocycles. The van der Waals surface area contributed by atoms with E-state index in [1.807, 2.05) is 49.5 Å². The van der Waals surface area contributed by atoms with Gasteiger partial charge in [0.15, 0.2) is 26.0 Å². The van der Waals surface area contributed by atoms with Gasteiger partial charge in [-0.3, -0.25) is 4.79 Å². The molecule has 0 aliphatic carbocycles. The number of ketones is 1. The summed E-state index contributed by atoms with van der Waals surface area (Å²) in [6, 6.07) is 16.8. The van der Waals surface area contributed by atoms with E-state index < -0.39 is 44.6 Å². The Bertz CT molecular complexity index is 1100. The number of benzene rings is 2. The monoisotopic (exact) mass is 541 g/mol. The standard InChI is InChI=1S/C29H39NO7Si/c1-28(2,3)38(6,7)37-24(22(18-31)30-27(33)34-19-20-14-10-8-11-15-20)26-25(35-29(4,5)36-26)23(32)21-16-12-9-13-17-21/h8-18,22,24-26H,19H2,1-7H3,(H,30,33)/t22-,24-,25-,26+/m1/s1. The lowest BCUT2D eigenvalue weighted by atomic mass is 9.96. The Kier molecular flexibility index (Phi) is 9.30. The number of nitrogens with one attached hydrogen (secondary N) is 1. The van der Waals surface area contributed by atoms with E-state index >= 15 is 0 Å². The van der Waals surface area contributed by atoms with Gasteiger partial charge in [-0.05, 0) is 37.5 Å². The topological polar surface area (TPSA) is 100 Å². The molecule has 2 aromatic carbocycles. The number of amides is 1. The van der Waals surface area contributed by atoms with Crippen molar-refractivity contribution in [2.24, 2.45) is 0 Å². The second-order valence-electron chi connectivity index (χ2n) is 11.5. The van der Waals surface area contributed by atoms with E-state index in [-0.39, 0.29) is 17.4 Å². The fraction of sp³-hybridized carbons (Fsp3) is 0.483. The van der Waals surface area contributed by atoms with Gasteiger partial charge < -0.3 is 28.7 Å². The molecule has 3 rings (SSSR count). The Morgan fingerprint density at radius 2 is 1.61 bits per heavy atom. The van der Waals surface area contributed by atoms with Gasteiger partial charge in [-0.1, -0.05) is 81.4 Å². The summed E-state index contributed by atoms with van der Waals surface area (Å²) in [5, 5.41) is 2.41. The number of hydrogen-bond donors (Lipinski definition) is 1. The van der Waals surface area contributed by atoms with Gasteiger partial charge in [-0.15, -0.1) is 0 Å². The Balaban J connectivity index is 1.92. The molecule has 0 unspecified atom stereocenters. The summed E-state index contributed by atoms with van der Waals surface area (Å²) < 4.78 is 24.3. The molecule has 1 saturated heterocycles. The highest BCUT2D eigenvalue weighted by atomic mass is 28.4. The minimum Gasteiger partial charge on any atom is -0.445 e. The molecule has 1 aliphatic heterocycles. The van der Waals surface area contributed by atoms with Crippen LogP contribution in [0.2, 0.25) is 18.1 Å². The van der Waals surface area contributed by atoms with Gasteiger partial charge in [-0.25, -0.2) is 4.79 Å². The zero-order chi connectivity index (χ0) is 28.1. The molecule has 0 spiro atoms. The van der Waals surface area contributed by atoms with Gasteiger partial charge in [0.05, 0.1) is 0 Å². The molecule has 1 amide bonds. The molecule has 2 aromatic rings. The summed E-state index contributed by atoms with van der Waals surface area (Å²) in [5.74, 6) is -1.41. The van der Waals surface area contributed by atoms with Crippen LogP contribution in [0.25, 0.3) is 0 Å². The van der Waals surface area contributed by atoms with Crippen LogP contribution in [0.15, 0.2) is 60.7 Å². The van der Waals surface area contributed by atoms with Crippen LogP contribution in [0.1, 0.15) is 50.5 Å². The van der Waals surface area contributed by atoms with Crippen LogP contribution in [-0.4, -0.2) is 56.6 Å². The number of carbonyl (C=O) groups excluding carboxylic acids is 3. The summed E-state index contributed by atoms with van der Waals surface area (Å²) in [4.78, 5) is 38.8. The fourth-order valence-electron chi connectivity index (χ4n) is 3.96. The van der Waals surface area contributed by atoms with Gasteiger partial charge in [0.1, 0.15) is 31.1 Å². The van der Waals surface area contributed by atoms with Gasteiger partial charge in [-0.2, -0.15) is 0 Å². The number of Topliss-reactive ketones (excluding diaryl/α,β-unsaturated/α-hetero) is 1. The summed E-state index contributed by atoms with van der Waals surface area (Å²) in [5.41, 5.74) is 1.26. The predicted octanol–water partition coefficient (Wildman–Crippen LogP) is 5.27. The van der Waals surface area contributed by atoms with Crippen molar-refractivity contribution in [3.05, 3.63) is 71.8 Å². The van der Waals surface area contributed by atoms with Crippen LogP contribution in [-0.2, 0) is 30.0 Å². The lowest BCUT2D eigenvalue weighted by Gasteiger charge is -2.42. The van der Waals surface area contributed by atoms with E-state index in [2.05, 4.69) is 26.1 Å². The Labute approximate surface area is 226 Å². The zero-order valence-electron chi connectivity index (χ0n) is 23.2. The molecule has 1 heterocycles. The fourth-order valence-corrected chi connectivity index (χ4v) is 5.27. The van der Waals surface area contributed by atoms with Crippen LogP contribution in [0, 0.1) is 0 Å². The van der Waals surface area contributed by atoms with E-state index in [1.54, 1.807) is 38.1 Å². The smallest absolute Gasteiger partial charge is 0.408 e. The van der Waals surface area contributed by atoms with Crippen molar-refractivity contribution in [2.45, 2.75) is 89.5 Å². The number of aldehydes is 1. The summed E-state index contributed by atoms with van der Waals surface area (Å²) >= 11 is 0. The SMILES string of the molecule is CC1(C)O[C@@H]([C@H](O[Si](C)(C)C(C)(C)C)[C@@H](C=O)NC(=O)OCc2ccccc2)[C@@H](C(=O)c2ccccc2)O1. The second kappa shape index (κ2) is 11.9. The molecule has 8 nitrogen and oxygen atoms in total. The first kappa shape index (κ1) is 29.7. The highest BCUT2D eigenvalue weighted by Gasteiger charge is 2.53. The molecule has 1 N–H and O–H groups in total. The van der Waals surface area contributed by atoms with Crippen molar-refractivity contribution in [1.82, 2.24) is 5.32 Å². The van der Waals surface area contributed by atoms with Crippen LogP contribution in [0.3, 0.4) is 0 Å². The normalized spacial score (nSPS) is 20.8. The van der Waals surface area contributed by atoms with Crippen LogP contribution in [0.5, 0.6) is 0 Å². The molecule has 1 fully saturated rings. The highest BCUT2D eigenvalue weighted by Crippen LogP contribution is 2.41. The Hall–Kier alpha value is -2.85. The summed E-state index contributed by atoms with van der Waals surface area (Å²) in [7, 11) is -2.52. The predicted molar refractivity (Wildman–Crippen MR) is 146 cm³/mol. The number of carbonyl (C=O) groups is 3. The number of ether oxygens (including phenoxy) is 3. The van der Waals surface area contributed by atoms with Gasteiger partial charge in [0.25, 0.3) is 0 Å². The third-order valence-corrected chi connectivity index (χ3v) is 11.5. The van der Waals surface area contributed by atoms with Crippen molar-refractivity contribution in [3.63, 3.8) is 0 Å². The molecule has 4 atom stereocenters. The van der Waals surface area contributed by atoms with Gasteiger partial charge in [0.2, 0.25) is 0 Å². The van der Waals surface area contributed by atoms with Crippen molar-refractivity contribution < 1.29 is 33.0 Å². The first-order chi connectivity index (χ1) is 17.7. The molecular formula is C29H39NO7Si. The average molecular weight is 542 g/mol.